The van der Waals surface area contributed by atoms with Crippen molar-refractivity contribution in [2.24, 2.45) is 0 Å². The van der Waals surface area contributed by atoms with Crippen LogP contribution >= 0.6 is 15.9 Å². The minimum Gasteiger partial charge on any atom is -0.496 e. The number of benzene rings is 1. The van der Waals surface area contributed by atoms with Gasteiger partial charge >= 0.3 is 5.97 Å². The highest BCUT2D eigenvalue weighted by Gasteiger charge is 2.09. The average molecular weight is 329 g/mol. The molecule has 0 heterocycles. The maximum Gasteiger partial charge on any atom is 0.305 e. The Hall–Kier alpha value is -1.36. The first kappa shape index (κ1) is 15.7. The van der Waals surface area contributed by atoms with E-state index in [9.17, 15) is 9.59 Å². The Morgan fingerprint density at radius 3 is 2.47 bits per heavy atom. The minimum atomic E-state index is -0.238. The molecule has 0 bridgehead atoms. The van der Waals surface area contributed by atoms with Crippen LogP contribution in [-0.4, -0.2) is 26.0 Å². The number of methoxy groups -OCH3 is 2. The second-order valence-corrected chi connectivity index (χ2v) is 4.91. The van der Waals surface area contributed by atoms with Gasteiger partial charge in [-0.15, -0.1) is 0 Å². The molecule has 1 aromatic carbocycles. The van der Waals surface area contributed by atoms with Gasteiger partial charge in [-0.3, -0.25) is 9.59 Å². The molecule has 0 spiro atoms. The fourth-order valence-corrected chi connectivity index (χ4v) is 2.04. The third-order valence-electron chi connectivity index (χ3n) is 2.74. The van der Waals surface area contributed by atoms with Gasteiger partial charge in [0.25, 0.3) is 0 Å². The van der Waals surface area contributed by atoms with Gasteiger partial charge in [0.1, 0.15) is 5.75 Å². The van der Waals surface area contributed by atoms with Crippen molar-refractivity contribution in [2.45, 2.75) is 25.7 Å². The summed E-state index contributed by atoms with van der Waals surface area (Å²) in [5, 5.41) is 0. The molecular formula is C14H17BrO4. The lowest BCUT2D eigenvalue weighted by Gasteiger charge is -2.06. The second kappa shape index (κ2) is 7.94. The highest BCUT2D eigenvalue weighted by Crippen LogP contribution is 2.26. The lowest BCUT2D eigenvalue weighted by molar-refractivity contribution is -0.140. The molecule has 0 radical (unpaired) electrons. The molecule has 0 fully saturated rings. The van der Waals surface area contributed by atoms with Crippen molar-refractivity contribution in [3.63, 3.8) is 0 Å². The van der Waals surface area contributed by atoms with Gasteiger partial charge in [0.15, 0.2) is 5.78 Å². The van der Waals surface area contributed by atoms with Crippen LogP contribution in [0.3, 0.4) is 0 Å². The van der Waals surface area contributed by atoms with Gasteiger partial charge in [0, 0.05) is 18.4 Å². The van der Waals surface area contributed by atoms with E-state index < -0.39 is 0 Å². The quantitative estimate of drug-likeness (QED) is 0.437. The molecule has 5 heteroatoms. The zero-order chi connectivity index (χ0) is 14.3. The SMILES string of the molecule is COC(=O)CCCCC(=O)c1ccc(Br)c(OC)c1. The Kier molecular flexibility index (Phi) is 6.56. The van der Waals surface area contributed by atoms with Crippen LogP contribution in [0.25, 0.3) is 0 Å². The first-order valence-corrected chi connectivity index (χ1v) is 6.81. The van der Waals surface area contributed by atoms with E-state index in [-0.39, 0.29) is 11.8 Å². The van der Waals surface area contributed by atoms with Crippen LogP contribution in [-0.2, 0) is 9.53 Å². The van der Waals surface area contributed by atoms with E-state index in [1.807, 2.05) is 0 Å². The maximum atomic E-state index is 12.0. The summed E-state index contributed by atoms with van der Waals surface area (Å²) in [6.45, 7) is 0. The monoisotopic (exact) mass is 328 g/mol. The third kappa shape index (κ3) is 5.03. The molecule has 0 aliphatic rings. The smallest absolute Gasteiger partial charge is 0.305 e. The number of hydrogen-bond donors (Lipinski definition) is 0. The minimum absolute atomic E-state index is 0.0515. The van der Waals surface area contributed by atoms with Crippen molar-refractivity contribution in [2.75, 3.05) is 14.2 Å². The summed E-state index contributed by atoms with van der Waals surface area (Å²) < 4.78 is 10.5. The highest BCUT2D eigenvalue weighted by atomic mass is 79.9. The Morgan fingerprint density at radius 2 is 1.84 bits per heavy atom. The van der Waals surface area contributed by atoms with Gasteiger partial charge < -0.3 is 9.47 Å². The number of ether oxygens (including phenoxy) is 2. The summed E-state index contributed by atoms with van der Waals surface area (Å²) >= 11 is 3.34. The zero-order valence-electron chi connectivity index (χ0n) is 11.1. The number of rotatable bonds is 7. The molecule has 104 valence electrons. The van der Waals surface area contributed by atoms with Gasteiger partial charge in [0.2, 0.25) is 0 Å². The predicted octanol–water partition coefficient (Wildman–Crippen LogP) is 3.37. The Morgan fingerprint density at radius 1 is 1.16 bits per heavy atom. The first-order chi connectivity index (χ1) is 9.08. The molecule has 1 aromatic rings. The molecule has 0 aliphatic carbocycles. The van der Waals surface area contributed by atoms with Crippen molar-refractivity contribution in [1.29, 1.82) is 0 Å². The van der Waals surface area contributed by atoms with Gasteiger partial charge in [-0.05, 0) is 40.9 Å². The van der Waals surface area contributed by atoms with Crippen molar-refractivity contribution in [3.8, 4) is 5.75 Å². The van der Waals surface area contributed by atoms with Crippen LogP contribution in [0.15, 0.2) is 22.7 Å². The highest BCUT2D eigenvalue weighted by molar-refractivity contribution is 9.10. The molecule has 0 aliphatic heterocycles. The Bertz CT molecular complexity index is 457. The molecule has 0 saturated heterocycles. The number of carbonyl (C=O) groups excluding carboxylic acids is 2. The molecule has 19 heavy (non-hydrogen) atoms. The van der Waals surface area contributed by atoms with Crippen molar-refractivity contribution in [3.05, 3.63) is 28.2 Å². The molecule has 0 aromatic heterocycles. The number of halogens is 1. The van der Waals surface area contributed by atoms with Crippen LogP contribution in [0, 0.1) is 0 Å². The van der Waals surface area contributed by atoms with E-state index in [1.54, 1.807) is 25.3 Å². The maximum absolute atomic E-state index is 12.0. The summed E-state index contributed by atoms with van der Waals surface area (Å²) in [4.78, 5) is 22.9. The molecule has 0 saturated carbocycles. The van der Waals surface area contributed by atoms with E-state index in [0.29, 0.717) is 37.0 Å². The van der Waals surface area contributed by atoms with E-state index >= 15 is 0 Å². The van der Waals surface area contributed by atoms with E-state index in [2.05, 4.69) is 20.7 Å². The van der Waals surface area contributed by atoms with Crippen molar-refractivity contribution < 1.29 is 19.1 Å². The fraction of sp³-hybridized carbons (Fsp3) is 0.429. The Balaban J connectivity index is 2.47. The van der Waals surface area contributed by atoms with Gasteiger partial charge in [-0.1, -0.05) is 6.07 Å². The summed E-state index contributed by atoms with van der Waals surface area (Å²) in [6.07, 6.45) is 2.10. The molecule has 0 amide bonds. The summed E-state index contributed by atoms with van der Waals surface area (Å²) in [5.74, 6) is 0.453. The third-order valence-corrected chi connectivity index (χ3v) is 3.39. The standard InChI is InChI=1S/C14H17BrO4/c1-18-13-9-10(7-8-11(13)15)12(16)5-3-4-6-14(17)19-2/h7-9H,3-6H2,1-2H3. The fourth-order valence-electron chi connectivity index (χ4n) is 1.63. The predicted molar refractivity (Wildman–Crippen MR) is 75.5 cm³/mol. The second-order valence-electron chi connectivity index (χ2n) is 4.06. The topological polar surface area (TPSA) is 52.6 Å². The number of esters is 1. The van der Waals surface area contributed by atoms with Gasteiger partial charge in [-0.25, -0.2) is 0 Å². The first-order valence-electron chi connectivity index (χ1n) is 6.02. The summed E-state index contributed by atoms with van der Waals surface area (Å²) in [5.41, 5.74) is 0.623. The van der Waals surface area contributed by atoms with E-state index in [0.717, 1.165) is 4.47 Å². The van der Waals surface area contributed by atoms with Crippen LogP contribution < -0.4 is 4.74 Å². The van der Waals surface area contributed by atoms with Crippen molar-refractivity contribution in [1.82, 2.24) is 0 Å². The average Bonchev–Trinajstić information content (AvgIpc) is 2.43. The van der Waals surface area contributed by atoms with Crippen LogP contribution in [0.5, 0.6) is 5.75 Å². The molecule has 0 N–H and O–H groups in total. The summed E-state index contributed by atoms with van der Waals surface area (Å²) in [7, 11) is 2.92. The number of carbonyl (C=O) groups is 2. The molecule has 0 unspecified atom stereocenters. The number of Topliss-reactive ketones (excluding diaryl/α,β-unsaturated/α-hetero) is 1. The number of hydrogen-bond acceptors (Lipinski definition) is 4. The lowest BCUT2D eigenvalue weighted by Crippen LogP contribution is -2.02. The summed E-state index contributed by atoms with van der Waals surface area (Å²) in [6, 6.07) is 5.27. The number of ketones is 1. The van der Waals surface area contributed by atoms with Crippen LogP contribution in [0.2, 0.25) is 0 Å². The normalized spacial score (nSPS) is 10.1. The molecule has 4 nitrogen and oxygen atoms in total. The van der Waals surface area contributed by atoms with E-state index in [4.69, 9.17) is 4.74 Å². The zero-order valence-corrected chi connectivity index (χ0v) is 12.7. The number of unbranched alkanes of at least 4 members (excludes halogenated alkanes) is 1. The van der Waals surface area contributed by atoms with E-state index in [1.165, 1.54) is 7.11 Å². The van der Waals surface area contributed by atoms with Crippen LogP contribution in [0.1, 0.15) is 36.0 Å². The largest absolute Gasteiger partial charge is 0.496 e. The molecule has 0 atom stereocenters. The van der Waals surface area contributed by atoms with Gasteiger partial charge in [0.05, 0.1) is 18.7 Å². The lowest BCUT2D eigenvalue weighted by atomic mass is 10.0. The van der Waals surface area contributed by atoms with Crippen molar-refractivity contribution >= 4 is 27.7 Å². The molecular weight excluding hydrogens is 312 g/mol. The van der Waals surface area contributed by atoms with Gasteiger partial charge in [-0.2, -0.15) is 0 Å². The molecule has 1 rings (SSSR count). The Labute approximate surface area is 121 Å². The van der Waals surface area contributed by atoms with Crippen LogP contribution in [0.4, 0.5) is 0 Å².